The molecule has 0 aromatic heterocycles. The Balaban J connectivity index is 2.34. The predicted octanol–water partition coefficient (Wildman–Crippen LogP) is 12.0. The summed E-state index contributed by atoms with van der Waals surface area (Å²) in [5.74, 6) is -0.485. The molecule has 1 rings (SSSR count). The monoisotopic (exact) mass is 957 g/mol. The highest BCUT2D eigenvalue weighted by Crippen LogP contribution is 2.47. The lowest BCUT2D eigenvalue weighted by atomic mass is 9.85. The van der Waals surface area contributed by atoms with Crippen LogP contribution in [0.1, 0.15) is 219 Å². The second-order valence-electron chi connectivity index (χ2n) is 18.4. The second-order valence-corrected chi connectivity index (χ2v) is 19.8. The van der Waals surface area contributed by atoms with Gasteiger partial charge in [-0.2, -0.15) is 0 Å². The molecule has 0 saturated heterocycles. The number of aliphatic hydroxyl groups excluding tert-OH is 5. The summed E-state index contributed by atoms with van der Waals surface area (Å²) in [6, 6.07) is 0. The van der Waals surface area contributed by atoms with Crippen LogP contribution < -0.4 is 0 Å². The Kier molecular flexibility index (Phi) is 40.9. The lowest BCUT2D eigenvalue weighted by molar-refractivity contribution is -0.220. The summed E-state index contributed by atoms with van der Waals surface area (Å²) in [6.45, 7) is 4.24. The van der Waals surface area contributed by atoms with E-state index in [2.05, 4.69) is 62.5 Å². The van der Waals surface area contributed by atoms with Crippen molar-refractivity contribution in [3.63, 3.8) is 0 Å². The van der Waals surface area contributed by atoms with Crippen LogP contribution in [0, 0.1) is 0 Å². The first-order valence-corrected chi connectivity index (χ1v) is 28.0. The molecule has 0 spiro atoms. The third-order valence-electron chi connectivity index (χ3n) is 12.2. The van der Waals surface area contributed by atoms with Crippen molar-refractivity contribution in [2.24, 2.45) is 0 Å². The zero-order valence-electron chi connectivity index (χ0n) is 41.5. The average molecular weight is 957 g/mol. The molecule has 1 fully saturated rings. The summed E-state index contributed by atoms with van der Waals surface area (Å²) in [5.41, 5.74) is 0. The molecule has 66 heavy (non-hydrogen) atoms. The van der Waals surface area contributed by atoms with Crippen LogP contribution in [0.3, 0.4) is 0 Å². The molecule has 12 nitrogen and oxygen atoms in total. The van der Waals surface area contributed by atoms with Crippen molar-refractivity contribution in [3.05, 3.63) is 48.6 Å². The van der Waals surface area contributed by atoms with E-state index in [-0.39, 0.29) is 13.0 Å². The molecule has 6 N–H and O–H groups in total. The van der Waals surface area contributed by atoms with E-state index in [0.29, 0.717) is 13.0 Å². The van der Waals surface area contributed by atoms with Crippen LogP contribution in [0.15, 0.2) is 48.6 Å². The Bertz CT molecular complexity index is 1270. The van der Waals surface area contributed by atoms with Crippen molar-refractivity contribution in [1.82, 2.24) is 0 Å². The van der Waals surface area contributed by atoms with Crippen LogP contribution in [-0.4, -0.2) is 98.9 Å². The minimum atomic E-state index is -5.03. The fourth-order valence-electron chi connectivity index (χ4n) is 7.95. The maximum Gasteiger partial charge on any atom is 0.472 e. The van der Waals surface area contributed by atoms with Crippen LogP contribution in [0.5, 0.6) is 0 Å². The number of unbranched alkanes of at least 4 members (excludes halogenated alkanes) is 25. The van der Waals surface area contributed by atoms with Gasteiger partial charge < -0.3 is 39.9 Å². The van der Waals surface area contributed by atoms with E-state index < -0.39 is 63.1 Å². The van der Waals surface area contributed by atoms with E-state index in [9.17, 15) is 39.8 Å². The molecule has 0 aliphatic heterocycles. The maximum atomic E-state index is 12.9. The fourth-order valence-corrected chi connectivity index (χ4v) is 8.92. The van der Waals surface area contributed by atoms with Crippen LogP contribution in [0.2, 0.25) is 0 Å². The number of phosphoric acid groups is 1. The third kappa shape index (κ3) is 34.6. The topological polar surface area (TPSA) is 192 Å². The van der Waals surface area contributed by atoms with Crippen molar-refractivity contribution >= 4 is 13.8 Å². The van der Waals surface area contributed by atoms with Crippen LogP contribution in [-0.2, 0) is 27.9 Å². The van der Waals surface area contributed by atoms with Gasteiger partial charge in [0.25, 0.3) is 0 Å². The molecule has 0 heterocycles. The van der Waals surface area contributed by atoms with Crippen molar-refractivity contribution in [2.45, 2.75) is 262 Å². The zero-order valence-corrected chi connectivity index (χ0v) is 42.4. The Morgan fingerprint density at radius 2 is 0.848 bits per heavy atom. The van der Waals surface area contributed by atoms with Gasteiger partial charge in [-0.25, -0.2) is 4.57 Å². The maximum absolute atomic E-state index is 12.9. The number of esters is 1. The highest BCUT2D eigenvalue weighted by atomic mass is 31.2. The molecule has 1 saturated carbocycles. The predicted molar refractivity (Wildman–Crippen MR) is 267 cm³/mol. The van der Waals surface area contributed by atoms with Crippen LogP contribution in [0.4, 0.5) is 0 Å². The molecule has 13 heteroatoms. The van der Waals surface area contributed by atoms with Gasteiger partial charge in [0.05, 0.1) is 13.2 Å². The normalized spacial score (nSPS) is 21.8. The summed E-state index contributed by atoms with van der Waals surface area (Å²) < 4.78 is 34.3. The van der Waals surface area contributed by atoms with Gasteiger partial charge in [0.2, 0.25) is 0 Å². The van der Waals surface area contributed by atoms with Gasteiger partial charge in [0, 0.05) is 13.0 Å². The molecule has 0 aromatic rings. The third-order valence-corrected chi connectivity index (χ3v) is 13.2. The van der Waals surface area contributed by atoms with Gasteiger partial charge in [-0.15, -0.1) is 0 Å². The van der Waals surface area contributed by atoms with Gasteiger partial charge in [0.15, 0.2) is 0 Å². The minimum Gasteiger partial charge on any atom is -0.457 e. The van der Waals surface area contributed by atoms with Gasteiger partial charge >= 0.3 is 13.8 Å². The quantitative estimate of drug-likeness (QED) is 0.0147. The number of allylic oxidation sites excluding steroid dienone is 8. The fraction of sp³-hybridized carbons (Fsp3) is 0.830. The van der Waals surface area contributed by atoms with Crippen molar-refractivity contribution in [2.75, 3.05) is 19.8 Å². The number of aliphatic hydroxyl groups is 5. The lowest BCUT2D eigenvalue weighted by Gasteiger charge is -2.41. The molecule has 6 unspecified atom stereocenters. The van der Waals surface area contributed by atoms with E-state index in [1.165, 1.54) is 116 Å². The standard InChI is InChI=1S/C53H97O12P/c1-3-5-7-9-11-13-15-17-19-21-22-23-24-25-27-29-31-33-35-37-39-41-43-62-44-46(45-63-66(60,61)65-53-51(58)49(56)48(55)50(57)52(53)59)64-47(54)42-40-38-36-34-32-30-28-26-20-18-16-14-12-10-8-6-4-2/h15,17-18,20-22,24-25,46,48-53,55-59H,3-14,16,19,23,26-45H2,1-2H3,(H,60,61)/b17-15-,20-18-,22-21-,25-24-. The molecule has 386 valence electrons. The number of hydrogen-bond donors (Lipinski definition) is 6. The molecule has 0 aromatic carbocycles. The molecule has 1 aliphatic carbocycles. The second kappa shape index (κ2) is 43.3. The van der Waals surface area contributed by atoms with Crippen molar-refractivity contribution < 1.29 is 58.3 Å². The highest BCUT2D eigenvalue weighted by Gasteiger charge is 2.51. The molecule has 0 bridgehead atoms. The van der Waals surface area contributed by atoms with E-state index in [1.807, 2.05) is 0 Å². The molecule has 0 amide bonds. The first-order chi connectivity index (χ1) is 32.0. The number of ether oxygens (including phenoxy) is 2. The zero-order chi connectivity index (χ0) is 48.4. The SMILES string of the molecule is CCCCCCC/C=C\C/C=C\C/C=C\CCCCCCCCCOCC(COP(=O)(O)OC1C(O)C(O)C(O)C(O)C1O)OC(=O)CCCCCCCCC/C=C\CCCCCCCC. The Labute approximate surface area is 401 Å². The van der Waals surface area contributed by atoms with E-state index in [4.69, 9.17) is 18.5 Å². The largest absolute Gasteiger partial charge is 0.472 e. The Hall–Kier alpha value is -1.70. The highest BCUT2D eigenvalue weighted by molar-refractivity contribution is 7.47. The number of phosphoric ester groups is 1. The molecule has 6 atom stereocenters. The van der Waals surface area contributed by atoms with Gasteiger partial charge in [-0.05, 0) is 77.0 Å². The molecular weight excluding hydrogens is 860 g/mol. The summed E-state index contributed by atoms with van der Waals surface area (Å²) in [6.07, 6.45) is 41.7. The average Bonchev–Trinajstić information content (AvgIpc) is 3.30. The van der Waals surface area contributed by atoms with Crippen LogP contribution in [0.25, 0.3) is 0 Å². The van der Waals surface area contributed by atoms with Gasteiger partial charge in [0.1, 0.15) is 42.7 Å². The lowest BCUT2D eigenvalue weighted by Crippen LogP contribution is -2.64. The molecule has 1 aliphatic rings. The van der Waals surface area contributed by atoms with E-state index in [0.717, 1.165) is 77.0 Å². The number of carbonyl (C=O) groups is 1. The Morgan fingerprint density at radius 1 is 0.485 bits per heavy atom. The summed E-state index contributed by atoms with van der Waals surface area (Å²) in [7, 11) is -5.03. The number of hydrogen-bond acceptors (Lipinski definition) is 11. The van der Waals surface area contributed by atoms with Crippen molar-refractivity contribution in [1.29, 1.82) is 0 Å². The summed E-state index contributed by atoms with van der Waals surface area (Å²) in [4.78, 5) is 23.2. The molecular formula is C53H97O12P. The number of rotatable bonds is 45. The summed E-state index contributed by atoms with van der Waals surface area (Å²) in [5, 5.41) is 50.3. The first kappa shape index (κ1) is 62.3. The smallest absolute Gasteiger partial charge is 0.457 e. The molecule has 0 radical (unpaired) electrons. The van der Waals surface area contributed by atoms with Crippen LogP contribution >= 0.6 is 7.82 Å². The van der Waals surface area contributed by atoms with Crippen molar-refractivity contribution in [3.8, 4) is 0 Å². The van der Waals surface area contributed by atoms with E-state index in [1.54, 1.807) is 0 Å². The Morgan fingerprint density at radius 3 is 1.30 bits per heavy atom. The summed E-state index contributed by atoms with van der Waals surface area (Å²) >= 11 is 0. The van der Waals surface area contributed by atoms with Gasteiger partial charge in [-0.3, -0.25) is 13.8 Å². The van der Waals surface area contributed by atoms with Gasteiger partial charge in [-0.1, -0.05) is 184 Å². The minimum absolute atomic E-state index is 0.0854. The number of carbonyl (C=O) groups excluding carboxylic acids is 1. The first-order valence-electron chi connectivity index (χ1n) is 26.5. The van der Waals surface area contributed by atoms with E-state index >= 15 is 0 Å².